The van der Waals surface area contributed by atoms with E-state index in [0.717, 1.165) is 11.1 Å². The van der Waals surface area contributed by atoms with Crippen molar-refractivity contribution in [2.45, 2.75) is 53.1 Å². The number of rotatable bonds is 6. The number of carbonyl (C=O) groups excluding carboxylic acids is 2. The van der Waals surface area contributed by atoms with Gasteiger partial charge in [0.15, 0.2) is 16.8 Å². The third kappa shape index (κ3) is 4.02. The number of alkyl halides is 3. The number of thioether (sulfide) groups is 1. The third-order valence-electron chi connectivity index (χ3n) is 7.44. The van der Waals surface area contributed by atoms with Crippen molar-refractivity contribution >= 4 is 64.1 Å². The molecule has 1 amide bonds. The van der Waals surface area contributed by atoms with E-state index in [2.05, 4.69) is 5.16 Å². The summed E-state index contributed by atoms with van der Waals surface area (Å²) in [7, 11) is 0. The lowest BCUT2D eigenvalue weighted by molar-refractivity contribution is -0.171. The summed E-state index contributed by atoms with van der Waals surface area (Å²) >= 11 is 19.6. The molecule has 0 saturated carbocycles. The van der Waals surface area contributed by atoms with Gasteiger partial charge in [-0.15, -0.1) is 0 Å². The van der Waals surface area contributed by atoms with Crippen LogP contribution in [-0.4, -0.2) is 43.1 Å². The minimum Gasteiger partial charge on any atom is -0.456 e. The molecule has 0 spiro atoms. The highest BCUT2D eigenvalue weighted by atomic mass is 35.6. The molecule has 3 aromatic rings. The molecule has 2 aliphatic heterocycles. The summed E-state index contributed by atoms with van der Waals surface area (Å²) in [6.45, 7) is 5.29. The summed E-state index contributed by atoms with van der Waals surface area (Å²) in [5.74, 6) is -0.231. The van der Waals surface area contributed by atoms with E-state index < -0.39 is 26.7 Å². The molecule has 10 heteroatoms. The molecule has 2 saturated heterocycles. The first-order valence-corrected chi connectivity index (χ1v) is 13.9. The van der Waals surface area contributed by atoms with E-state index in [1.54, 1.807) is 18.7 Å². The summed E-state index contributed by atoms with van der Waals surface area (Å²) in [6.07, 6.45) is 0.537. The number of nitrogens with zero attached hydrogens (tertiary/aromatic N) is 2. The van der Waals surface area contributed by atoms with Crippen LogP contribution in [0, 0.1) is 6.92 Å². The SMILES string of the molecule is Cc1onc(-c2ccccc2)c1[N+]12C(=O)C[C@H]1SC(C)(C)[C@]2(Cc1ccccc1)C(=O)OCC(Cl)(Cl)Cl. The molecule has 194 valence electrons. The minimum absolute atomic E-state index is 0.103. The maximum atomic E-state index is 14.4. The van der Waals surface area contributed by atoms with Crippen LogP contribution in [-0.2, 0) is 20.7 Å². The van der Waals surface area contributed by atoms with E-state index in [1.807, 2.05) is 74.5 Å². The van der Waals surface area contributed by atoms with Crippen LogP contribution in [0.5, 0.6) is 0 Å². The van der Waals surface area contributed by atoms with Crippen molar-refractivity contribution in [1.82, 2.24) is 9.64 Å². The van der Waals surface area contributed by atoms with Crippen LogP contribution < -0.4 is 4.48 Å². The smallest absolute Gasteiger partial charge is 0.371 e. The molecule has 6 nitrogen and oxygen atoms in total. The molecular formula is C27H26Cl3N2O4S+. The number of amides is 1. The number of fused-ring (bicyclic) bond motifs is 1. The topological polar surface area (TPSA) is 69.4 Å². The van der Waals surface area contributed by atoms with E-state index >= 15 is 0 Å². The fraction of sp³-hybridized carbons (Fsp3) is 0.370. The Labute approximate surface area is 234 Å². The molecule has 0 bridgehead atoms. The van der Waals surface area contributed by atoms with Gasteiger partial charge < -0.3 is 9.26 Å². The number of β-lactam (4-membered cyclic amide) rings is 1. The van der Waals surface area contributed by atoms with Gasteiger partial charge in [-0.3, -0.25) is 0 Å². The Morgan fingerprint density at radius 1 is 1.14 bits per heavy atom. The fourth-order valence-electron chi connectivity index (χ4n) is 5.91. The predicted octanol–water partition coefficient (Wildman–Crippen LogP) is 6.63. The number of carbonyl (C=O) groups is 2. The Balaban J connectivity index is 1.79. The van der Waals surface area contributed by atoms with Crippen molar-refractivity contribution in [2.75, 3.05) is 6.61 Å². The number of aryl methyl sites for hydroxylation is 1. The lowest BCUT2D eigenvalue weighted by atomic mass is 9.73. The Bertz CT molecular complexity index is 1340. The van der Waals surface area contributed by atoms with Crippen LogP contribution in [0.25, 0.3) is 11.3 Å². The zero-order valence-corrected chi connectivity index (χ0v) is 23.6. The summed E-state index contributed by atoms with van der Waals surface area (Å²) in [6, 6.07) is 19.1. The molecule has 1 unspecified atom stereocenters. The van der Waals surface area contributed by atoms with Gasteiger partial charge >= 0.3 is 11.9 Å². The van der Waals surface area contributed by atoms with E-state index in [-0.39, 0.29) is 22.2 Å². The van der Waals surface area contributed by atoms with Gasteiger partial charge in [0.05, 0.1) is 4.75 Å². The van der Waals surface area contributed by atoms with Crippen LogP contribution in [0.3, 0.4) is 0 Å². The second kappa shape index (κ2) is 9.31. The van der Waals surface area contributed by atoms with Crippen LogP contribution in [0.4, 0.5) is 5.69 Å². The first-order valence-electron chi connectivity index (χ1n) is 11.8. The Kier molecular flexibility index (Phi) is 6.69. The lowest BCUT2D eigenvalue weighted by Gasteiger charge is -2.53. The standard InChI is InChI=1S/C27H26Cl3N2O4S/c1-17-23(22(31-36-17)19-12-8-5-9-13-19)32-20(33)14-21(32)37-25(2,3)26(32,15-18-10-6-4-7-11-18)24(34)35-16-27(28,29)30/h4-13,21H,14-16H2,1-3H3/q+1/t21-,26+,32?/m1/s1. The van der Waals surface area contributed by atoms with E-state index in [1.165, 1.54) is 0 Å². The Morgan fingerprint density at radius 2 is 1.76 bits per heavy atom. The largest absolute Gasteiger partial charge is 0.456 e. The fourth-order valence-corrected chi connectivity index (χ4v) is 8.03. The number of benzene rings is 2. The molecule has 0 radical (unpaired) electrons. The summed E-state index contributed by atoms with van der Waals surface area (Å²) < 4.78 is 8.65. The second-order valence-corrected chi connectivity index (χ2v) is 14.2. The van der Waals surface area contributed by atoms with Crippen molar-refractivity contribution < 1.29 is 18.8 Å². The number of hydrogen-bond acceptors (Lipinski definition) is 6. The van der Waals surface area contributed by atoms with Crippen LogP contribution >= 0.6 is 46.6 Å². The molecule has 3 heterocycles. The number of aromatic nitrogens is 1. The number of quaternary nitrogens is 1. The zero-order chi connectivity index (χ0) is 26.6. The molecule has 2 fully saturated rings. The molecule has 0 N–H and O–H groups in total. The van der Waals surface area contributed by atoms with Crippen molar-refractivity contribution in [3.63, 3.8) is 0 Å². The predicted molar refractivity (Wildman–Crippen MR) is 148 cm³/mol. The summed E-state index contributed by atoms with van der Waals surface area (Å²) in [5, 5.41) is 4.13. The van der Waals surface area contributed by atoms with Gasteiger partial charge in [-0.05, 0) is 19.4 Å². The molecule has 0 aliphatic carbocycles. The first-order chi connectivity index (χ1) is 17.4. The highest BCUT2D eigenvalue weighted by Crippen LogP contribution is 2.66. The number of hydrogen-bond donors (Lipinski definition) is 0. The molecule has 3 atom stereocenters. The summed E-state index contributed by atoms with van der Waals surface area (Å²) in [4.78, 5) is 28.5. The first kappa shape index (κ1) is 26.6. The summed E-state index contributed by atoms with van der Waals surface area (Å²) in [5.41, 5.74) is 1.39. The molecule has 2 aromatic carbocycles. The van der Waals surface area contributed by atoms with Gasteiger partial charge in [-0.25, -0.2) is 9.59 Å². The van der Waals surface area contributed by atoms with Gasteiger partial charge in [0, 0.05) is 18.9 Å². The van der Waals surface area contributed by atoms with Crippen molar-refractivity contribution in [3.8, 4) is 11.3 Å². The van der Waals surface area contributed by atoms with E-state index in [4.69, 9.17) is 44.1 Å². The molecule has 5 rings (SSSR count). The zero-order valence-electron chi connectivity index (χ0n) is 20.5. The maximum Gasteiger partial charge on any atom is 0.371 e. The monoisotopic (exact) mass is 579 g/mol. The molecular weight excluding hydrogens is 555 g/mol. The van der Waals surface area contributed by atoms with Gasteiger partial charge in [0.2, 0.25) is 15.0 Å². The number of halogens is 3. The van der Waals surface area contributed by atoms with Gasteiger partial charge in [0.25, 0.3) is 0 Å². The van der Waals surface area contributed by atoms with Crippen molar-refractivity contribution in [2.24, 2.45) is 0 Å². The highest BCUT2D eigenvalue weighted by molar-refractivity contribution is 8.01. The molecule has 37 heavy (non-hydrogen) atoms. The molecule has 1 aromatic heterocycles. The second-order valence-electron chi connectivity index (χ2n) is 9.92. The van der Waals surface area contributed by atoms with Gasteiger partial charge in [-0.2, -0.15) is 4.48 Å². The minimum atomic E-state index is -1.80. The van der Waals surface area contributed by atoms with Crippen molar-refractivity contribution in [3.05, 3.63) is 72.0 Å². The Morgan fingerprint density at radius 3 is 2.35 bits per heavy atom. The van der Waals surface area contributed by atoms with Crippen LogP contribution in [0.2, 0.25) is 0 Å². The number of ether oxygens (including phenoxy) is 1. The van der Waals surface area contributed by atoms with Crippen LogP contribution in [0.1, 0.15) is 31.6 Å². The van der Waals surface area contributed by atoms with Gasteiger partial charge in [-0.1, -0.05) is 112 Å². The average molecular weight is 581 g/mol. The lowest BCUT2D eigenvalue weighted by Crippen LogP contribution is -2.82. The van der Waals surface area contributed by atoms with Crippen LogP contribution in [0.15, 0.2) is 65.2 Å². The third-order valence-corrected chi connectivity index (χ3v) is 9.45. The quantitative estimate of drug-likeness (QED) is 0.141. The van der Waals surface area contributed by atoms with Crippen molar-refractivity contribution in [1.29, 1.82) is 0 Å². The average Bonchev–Trinajstić information content (AvgIpc) is 3.29. The van der Waals surface area contributed by atoms with E-state index in [9.17, 15) is 9.59 Å². The highest BCUT2D eigenvalue weighted by Gasteiger charge is 2.84. The number of esters is 1. The molecule has 2 aliphatic rings. The maximum absolute atomic E-state index is 14.4. The Hall–Kier alpha value is -2.03. The van der Waals surface area contributed by atoms with Gasteiger partial charge in [0.1, 0.15) is 13.0 Å². The van der Waals surface area contributed by atoms with E-state index in [0.29, 0.717) is 23.6 Å². The normalized spacial score (nSPS) is 26.4.